The number of aliphatic hydroxyl groups is 2. The van der Waals surface area contributed by atoms with Crippen LogP contribution in [0.4, 0.5) is 0 Å². The lowest BCUT2D eigenvalue weighted by atomic mass is 10.1. The van der Waals surface area contributed by atoms with Crippen molar-refractivity contribution in [2.24, 2.45) is 0 Å². The van der Waals surface area contributed by atoms with Gasteiger partial charge in [-0.25, -0.2) is 0 Å². The molecular weight excluding hydrogens is 200 g/mol. The number of hydrogen-bond donors (Lipinski definition) is 4. The van der Waals surface area contributed by atoms with E-state index in [0.29, 0.717) is 0 Å². The molecule has 0 fully saturated rings. The van der Waals surface area contributed by atoms with Gasteiger partial charge in [0.05, 0.1) is 0 Å². The number of carbonyl (C=O) groups is 2. The number of ketones is 2. The summed E-state index contributed by atoms with van der Waals surface area (Å²) in [6, 6.07) is 0. The molecule has 0 aliphatic rings. The van der Waals surface area contributed by atoms with Gasteiger partial charge in [0.25, 0.3) is 0 Å². The van der Waals surface area contributed by atoms with Gasteiger partial charge in [-0.2, -0.15) is 25.3 Å². The minimum absolute atomic E-state index is 0.135. The number of hydrogen-bond acceptors (Lipinski definition) is 6. The minimum atomic E-state index is -1.43. The molecule has 0 radical (unpaired) electrons. The van der Waals surface area contributed by atoms with Crippen molar-refractivity contribution in [3.63, 3.8) is 0 Å². The molecule has 0 saturated carbocycles. The van der Waals surface area contributed by atoms with Gasteiger partial charge in [-0.05, 0) is 0 Å². The van der Waals surface area contributed by atoms with Gasteiger partial charge in [0.15, 0.2) is 0 Å². The van der Waals surface area contributed by atoms with Gasteiger partial charge in [-0.15, -0.1) is 0 Å². The summed E-state index contributed by atoms with van der Waals surface area (Å²) in [6.45, 7) is 0. The summed E-state index contributed by atoms with van der Waals surface area (Å²) in [7, 11) is 0. The van der Waals surface area contributed by atoms with Crippen LogP contribution in [0.1, 0.15) is 0 Å². The van der Waals surface area contributed by atoms with E-state index in [1.165, 1.54) is 0 Å². The van der Waals surface area contributed by atoms with E-state index in [-0.39, 0.29) is 11.5 Å². The van der Waals surface area contributed by atoms with Gasteiger partial charge in [0.2, 0.25) is 11.6 Å². The summed E-state index contributed by atoms with van der Waals surface area (Å²) in [5.41, 5.74) is 0. The molecule has 6 heteroatoms. The number of carbonyl (C=O) groups excluding carboxylic acids is 2. The Morgan fingerprint density at radius 2 is 1.25 bits per heavy atom. The second-order valence-corrected chi connectivity index (χ2v) is 2.86. The van der Waals surface area contributed by atoms with Crippen LogP contribution in [0.2, 0.25) is 0 Å². The van der Waals surface area contributed by atoms with Gasteiger partial charge in [-0.1, -0.05) is 0 Å². The van der Waals surface area contributed by atoms with E-state index in [1.54, 1.807) is 0 Å². The predicted octanol–water partition coefficient (Wildman–Crippen LogP) is -1.29. The molecule has 12 heavy (non-hydrogen) atoms. The highest BCUT2D eigenvalue weighted by atomic mass is 32.1. The highest BCUT2D eigenvalue weighted by Crippen LogP contribution is 1.96. The highest BCUT2D eigenvalue weighted by molar-refractivity contribution is 7.80. The first-order valence-corrected chi connectivity index (χ1v) is 4.47. The first-order valence-electron chi connectivity index (χ1n) is 3.20. The Hall–Kier alpha value is -0.0400. The molecule has 0 bridgehead atoms. The van der Waals surface area contributed by atoms with Gasteiger partial charge in [-0.3, -0.25) is 9.59 Å². The Balaban J connectivity index is 4.19. The van der Waals surface area contributed by atoms with E-state index in [9.17, 15) is 9.59 Å². The molecule has 0 rings (SSSR count). The standard InChI is InChI=1S/C6H10O4S2/c7-3(1-11)5(9)6(10)4(8)2-12/h3-4,7-8,11-12H,1-2H2. The van der Waals surface area contributed by atoms with E-state index >= 15 is 0 Å². The Kier molecular flexibility index (Phi) is 5.56. The van der Waals surface area contributed by atoms with Crippen LogP contribution in [-0.2, 0) is 9.59 Å². The normalized spacial score (nSPS) is 15.3. The Morgan fingerprint density at radius 1 is 1.00 bits per heavy atom. The van der Waals surface area contributed by atoms with Crippen LogP contribution in [0.3, 0.4) is 0 Å². The second kappa shape index (κ2) is 5.58. The molecule has 0 amide bonds. The van der Waals surface area contributed by atoms with Crippen LogP contribution in [0, 0.1) is 0 Å². The van der Waals surface area contributed by atoms with Crippen LogP contribution in [0.5, 0.6) is 0 Å². The van der Waals surface area contributed by atoms with E-state index in [1.807, 2.05) is 0 Å². The molecule has 0 aliphatic carbocycles. The second-order valence-electron chi connectivity index (χ2n) is 2.13. The third-order valence-electron chi connectivity index (χ3n) is 1.19. The van der Waals surface area contributed by atoms with Gasteiger partial charge in [0, 0.05) is 11.5 Å². The first kappa shape index (κ1) is 12.0. The monoisotopic (exact) mass is 210 g/mol. The predicted molar refractivity (Wildman–Crippen MR) is 49.7 cm³/mol. The van der Waals surface area contributed by atoms with Crippen LogP contribution < -0.4 is 0 Å². The van der Waals surface area contributed by atoms with Crippen LogP contribution >= 0.6 is 25.3 Å². The van der Waals surface area contributed by atoms with Gasteiger partial charge in [0.1, 0.15) is 12.2 Å². The van der Waals surface area contributed by atoms with Crippen molar-refractivity contribution in [2.75, 3.05) is 11.5 Å². The lowest BCUT2D eigenvalue weighted by Crippen LogP contribution is -2.37. The average Bonchev–Trinajstić information content (AvgIpc) is 2.12. The maximum atomic E-state index is 10.8. The SMILES string of the molecule is O=C(C(=O)C(O)CS)C(O)CS. The fourth-order valence-electron chi connectivity index (χ4n) is 0.494. The van der Waals surface area contributed by atoms with Gasteiger partial charge < -0.3 is 10.2 Å². The smallest absolute Gasteiger partial charge is 0.230 e. The van der Waals surface area contributed by atoms with Crippen molar-refractivity contribution in [1.29, 1.82) is 0 Å². The molecule has 0 aromatic carbocycles. The fraction of sp³-hybridized carbons (Fsp3) is 0.667. The number of thiol groups is 2. The Bertz CT molecular complexity index is 162. The molecular formula is C6H10O4S2. The summed E-state index contributed by atoms with van der Waals surface area (Å²) in [5, 5.41) is 17.7. The molecule has 2 atom stereocenters. The Morgan fingerprint density at radius 3 is 1.42 bits per heavy atom. The summed E-state index contributed by atoms with van der Waals surface area (Å²) in [6.07, 6.45) is -2.87. The molecule has 0 heterocycles. The third kappa shape index (κ3) is 3.14. The van der Waals surface area contributed by atoms with E-state index in [0.717, 1.165) is 0 Å². The Labute approximate surface area is 80.8 Å². The summed E-state index contributed by atoms with van der Waals surface area (Å²) >= 11 is 7.25. The molecule has 70 valence electrons. The average molecular weight is 210 g/mol. The molecule has 2 unspecified atom stereocenters. The molecule has 0 aromatic rings. The zero-order chi connectivity index (χ0) is 9.72. The van der Waals surface area contributed by atoms with Crippen molar-refractivity contribution in [2.45, 2.75) is 12.2 Å². The summed E-state index contributed by atoms with van der Waals surface area (Å²) in [5.74, 6) is -2.31. The van der Waals surface area contributed by atoms with Crippen LogP contribution in [0.15, 0.2) is 0 Å². The lowest BCUT2D eigenvalue weighted by molar-refractivity contribution is -0.144. The summed E-state index contributed by atoms with van der Waals surface area (Å²) < 4.78 is 0. The number of rotatable bonds is 5. The topological polar surface area (TPSA) is 74.6 Å². The van der Waals surface area contributed by atoms with Crippen molar-refractivity contribution in [3.05, 3.63) is 0 Å². The largest absolute Gasteiger partial charge is 0.384 e. The number of aliphatic hydroxyl groups excluding tert-OH is 2. The first-order chi connectivity index (χ1) is 5.54. The van der Waals surface area contributed by atoms with Crippen LogP contribution in [0.25, 0.3) is 0 Å². The van der Waals surface area contributed by atoms with Crippen molar-refractivity contribution < 1.29 is 19.8 Å². The van der Waals surface area contributed by atoms with Crippen molar-refractivity contribution in [3.8, 4) is 0 Å². The zero-order valence-corrected chi connectivity index (χ0v) is 7.96. The highest BCUT2D eigenvalue weighted by Gasteiger charge is 2.26. The molecule has 0 spiro atoms. The molecule has 0 aromatic heterocycles. The fourth-order valence-corrected chi connectivity index (χ4v) is 0.826. The van der Waals surface area contributed by atoms with E-state index < -0.39 is 23.8 Å². The third-order valence-corrected chi connectivity index (χ3v) is 1.89. The van der Waals surface area contributed by atoms with Gasteiger partial charge >= 0.3 is 0 Å². The number of Topliss-reactive ketones (excluding diaryl/α,β-unsaturated/α-hetero) is 2. The molecule has 2 N–H and O–H groups in total. The maximum absolute atomic E-state index is 10.8. The maximum Gasteiger partial charge on any atom is 0.230 e. The van der Waals surface area contributed by atoms with Crippen molar-refractivity contribution >= 4 is 36.8 Å². The molecule has 0 saturated heterocycles. The lowest BCUT2D eigenvalue weighted by Gasteiger charge is -2.07. The van der Waals surface area contributed by atoms with E-state index in [2.05, 4.69) is 25.3 Å². The minimum Gasteiger partial charge on any atom is -0.384 e. The quantitative estimate of drug-likeness (QED) is 0.336. The van der Waals surface area contributed by atoms with Crippen molar-refractivity contribution in [1.82, 2.24) is 0 Å². The van der Waals surface area contributed by atoms with E-state index in [4.69, 9.17) is 10.2 Å². The molecule has 0 aliphatic heterocycles. The molecule has 4 nitrogen and oxygen atoms in total. The zero-order valence-electron chi connectivity index (χ0n) is 6.17. The summed E-state index contributed by atoms with van der Waals surface area (Å²) in [4.78, 5) is 21.7. The van der Waals surface area contributed by atoms with Crippen LogP contribution in [-0.4, -0.2) is 45.5 Å².